The van der Waals surface area contributed by atoms with Crippen molar-refractivity contribution in [3.8, 4) is 0 Å². The molecule has 4 nitrogen and oxygen atoms in total. The number of ether oxygens (including phenoxy) is 4. The molecule has 1 spiro atoms. The Balaban J connectivity index is 1.61. The van der Waals surface area contributed by atoms with Crippen LogP contribution in [0, 0.1) is 5.92 Å². The third-order valence-electron chi connectivity index (χ3n) is 4.39. The van der Waals surface area contributed by atoms with Gasteiger partial charge in [0.1, 0.15) is 6.79 Å². The minimum absolute atomic E-state index is 0.294. The minimum Gasteiger partial charge on any atom is -0.355 e. The molecule has 104 valence electrons. The molecular formula is C14H24O4. The van der Waals surface area contributed by atoms with Gasteiger partial charge in [0, 0.05) is 19.4 Å². The van der Waals surface area contributed by atoms with Gasteiger partial charge in [-0.1, -0.05) is 0 Å². The Morgan fingerprint density at radius 3 is 2.67 bits per heavy atom. The van der Waals surface area contributed by atoms with E-state index in [1.54, 1.807) is 0 Å². The Morgan fingerprint density at radius 1 is 0.889 bits per heavy atom. The van der Waals surface area contributed by atoms with Gasteiger partial charge in [0.2, 0.25) is 0 Å². The van der Waals surface area contributed by atoms with E-state index in [0.717, 1.165) is 51.9 Å². The second-order valence-electron chi connectivity index (χ2n) is 5.69. The third kappa shape index (κ3) is 2.87. The van der Waals surface area contributed by atoms with E-state index in [2.05, 4.69) is 0 Å². The van der Waals surface area contributed by atoms with Crippen LogP contribution in [0.1, 0.15) is 44.9 Å². The summed E-state index contributed by atoms with van der Waals surface area (Å²) in [4.78, 5) is 0. The van der Waals surface area contributed by atoms with Gasteiger partial charge in [0.05, 0.1) is 19.3 Å². The largest absolute Gasteiger partial charge is 0.355 e. The lowest BCUT2D eigenvalue weighted by Gasteiger charge is -2.44. The predicted octanol–water partition coefficient (Wildman–Crippen LogP) is 2.46. The number of rotatable bonds is 1. The molecule has 2 unspecified atom stereocenters. The van der Waals surface area contributed by atoms with Crippen molar-refractivity contribution >= 4 is 0 Å². The molecule has 2 aliphatic heterocycles. The second-order valence-corrected chi connectivity index (χ2v) is 5.69. The van der Waals surface area contributed by atoms with Gasteiger partial charge in [-0.05, 0) is 38.0 Å². The molecule has 4 heteroatoms. The van der Waals surface area contributed by atoms with Crippen molar-refractivity contribution in [1.29, 1.82) is 0 Å². The van der Waals surface area contributed by atoms with E-state index in [-0.39, 0.29) is 5.79 Å². The maximum atomic E-state index is 5.95. The van der Waals surface area contributed by atoms with E-state index in [9.17, 15) is 0 Å². The molecule has 3 rings (SSSR count). The Kier molecular flexibility index (Phi) is 4.19. The van der Waals surface area contributed by atoms with Gasteiger partial charge in [-0.25, -0.2) is 0 Å². The fourth-order valence-corrected chi connectivity index (χ4v) is 3.47. The van der Waals surface area contributed by atoms with Gasteiger partial charge in [-0.2, -0.15) is 0 Å². The van der Waals surface area contributed by atoms with Crippen LogP contribution in [-0.2, 0) is 18.9 Å². The summed E-state index contributed by atoms with van der Waals surface area (Å²) in [6, 6.07) is 0. The summed E-state index contributed by atoms with van der Waals surface area (Å²) in [5.74, 6) is 0.274. The smallest absolute Gasteiger partial charge is 0.168 e. The molecule has 0 aromatic carbocycles. The summed E-state index contributed by atoms with van der Waals surface area (Å²) < 4.78 is 23.1. The molecular weight excluding hydrogens is 232 g/mol. The predicted molar refractivity (Wildman–Crippen MR) is 66.1 cm³/mol. The van der Waals surface area contributed by atoms with Crippen LogP contribution in [-0.4, -0.2) is 38.5 Å². The first-order valence-electron chi connectivity index (χ1n) is 7.35. The van der Waals surface area contributed by atoms with Crippen molar-refractivity contribution in [1.82, 2.24) is 0 Å². The van der Waals surface area contributed by atoms with E-state index in [1.807, 2.05) is 0 Å². The highest BCUT2D eigenvalue weighted by Gasteiger charge is 2.42. The molecule has 0 N–H and O–H groups in total. The summed E-state index contributed by atoms with van der Waals surface area (Å²) in [7, 11) is 0. The maximum Gasteiger partial charge on any atom is 0.168 e. The minimum atomic E-state index is -0.294. The molecule has 2 atom stereocenters. The quantitative estimate of drug-likeness (QED) is 0.722. The summed E-state index contributed by atoms with van der Waals surface area (Å²) in [6.07, 6.45) is 8.05. The molecule has 1 saturated carbocycles. The van der Waals surface area contributed by atoms with Gasteiger partial charge in [0.15, 0.2) is 5.79 Å². The van der Waals surface area contributed by atoms with Gasteiger partial charge in [0.25, 0.3) is 0 Å². The van der Waals surface area contributed by atoms with E-state index in [4.69, 9.17) is 18.9 Å². The monoisotopic (exact) mass is 256 g/mol. The number of hydrogen-bond donors (Lipinski definition) is 0. The van der Waals surface area contributed by atoms with Crippen LogP contribution in [0.15, 0.2) is 0 Å². The molecule has 3 aliphatic rings. The molecule has 1 aliphatic carbocycles. The van der Waals surface area contributed by atoms with Crippen molar-refractivity contribution in [2.24, 2.45) is 5.92 Å². The normalized spacial score (nSPS) is 37.3. The van der Waals surface area contributed by atoms with Crippen LogP contribution in [0.5, 0.6) is 0 Å². The van der Waals surface area contributed by atoms with Crippen molar-refractivity contribution in [2.45, 2.75) is 56.8 Å². The molecule has 0 aromatic rings. The van der Waals surface area contributed by atoms with Crippen molar-refractivity contribution < 1.29 is 18.9 Å². The van der Waals surface area contributed by atoms with Crippen molar-refractivity contribution in [3.05, 3.63) is 0 Å². The Hall–Kier alpha value is -0.160. The molecule has 0 amide bonds. The Morgan fingerprint density at radius 2 is 1.78 bits per heavy atom. The molecule has 0 bridgehead atoms. The van der Waals surface area contributed by atoms with Crippen LogP contribution in [0.3, 0.4) is 0 Å². The molecule has 2 heterocycles. The zero-order valence-corrected chi connectivity index (χ0v) is 11.1. The average molecular weight is 256 g/mol. The second kappa shape index (κ2) is 5.87. The Bertz CT molecular complexity index is 249. The van der Waals surface area contributed by atoms with Crippen molar-refractivity contribution in [3.63, 3.8) is 0 Å². The van der Waals surface area contributed by atoms with Crippen molar-refractivity contribution in [2.75, 3.05) is 26.6 Å². The van der Waals surface area contributed by atoms with Gasteiger partial charge < -0.3 is 18.9 Å². The zero-order chi connectivity index (χ0) is 12.3. The number of hydrogen-bond acceptors (Lipinski definition) is 4. The molecule has 0 radical (unpaired) electrons. The summed E-state index contributed by atoms with van der Waals surface area (Å²) in [5, 5.41) is 0. The summed E-state index contributed by atoms with van der Waals surface area (Å²) >= 11 is 0. The standard InChI is InChI=1S/C14H24O4/c1-4-12(13-5-2-7-15-11-16-13)10-14(6-1)17-8-3-9-18-14/h12-13H,1-11H2. The highest BCUT2D eigenvalue weighted by molar-refractivity contribution is 4.86. The molecule has 2 saturated heterocycles. The van der Waals surface area contributed by atoms with Crippen LogP contribution in [0.2, 0.25) is 0 Å². The highest BCUT2D eigenvalue weighted by atomic mass is 16.7. The van der Waals surface area contributed by atoms with Crippen LogP contribution in [0.25, 0.3) is 0 Å². The first kappa shape index (κ1) is 12.9. The lowest BCUT2D eigenvalue weighted by Crippen LogP contribution is -2.46. The van der Waals surface area contributed by atoms with Crippen LogP contribution in [0.4, 0.5) is 0 Å². The van der Waals surface area contributed by atoms with E-state index in [0.29, 0.717) is 18.8 Å². The topological polar surface area (TPSA) is 36.9 Å². The first-order valence-corrected chi connectivity index (χ1v) is 7.35. The van der Waals surface area contributed by atoms with Crippen LogP contribution < -0.4 is 0 Å². The van der Waals surface area contributed by atoms with E-state index < -0.39 is 0 Å². The van der Waals surface area contributed by atoms with Crippen LogP contribution >= 0.6 is 0 Å². The van der Waals surface area contributed by atoms with E-state index in [1.165, 1.54) is 12.8 Å². The Labute approximate surface area is 109 Å². The van der Waals surface area contributed by atoms with Gasteiger partial charge in [-0.15, -0.1) is 0 Å². The molecule has 3 fully saturated rings. The highest BCUT2D eigenvalue weighted by Crippen LogP contribution is 2.41. The fourth-order valence-electron chi connectivity index (χ4n) is 3.47. The lowest BCUT2D eigenvalue weighted by molar-refractivity contribution is -0.291. The fraction of sp³-hybridized carbons (Fsp3) is 1.00. The van der Waals surface area contributed by atoms with E-state index >= 15 is 0 Å². The summed E-state index contributed by atoms with van der Waals surface area (Å²) in [5.41, 5.74) is 0. The molecule has 0 aromatic heterocycles. The van der Waals surface area contributed by atoms with Gasteiger partial charge >= 0.3 is 0 Å². The summed E-state index contributed by atoms with van der Waals surface area (Å²) in [6.45, 7) is 2.99. The third-order valence-corrected chi connectivity index (χ3v) is 4.39. The zero-order valence-electron chi connectivity index (χ0n) is 11.1. The first-order chi connectivity index (χ1) is 8.88. The SMILES string of the molecule is C1COC2(CCCC(C3CCCOCO3)C2)OC1. The lowest BCUT2D eigenvalue weighted by atomic mass is 9.80. The maximum absolute atomic E-state index is 5.95. The molecule has 18 heavy (non-hydrogen) atoms. The van der Waals surface area contributed by atoms with Gasteiger partial charge in [-0.3, -0.25) is 0 Å². The average Bonchev–Trinajstić information content (AvgIpc) is 2.68.